The van der Waals surface area contributed by atoms with Gasteiger partial charge >= 0.3 is 0 Å². The predicted molar refractivity (Wildman–Crippen MR) is 105 cm³/mol. The minimum atomic E-state index is -0.603. The molecule has 0 saturated carbocycles. The summed E-state index contributed by atoms with van der Waals surface area (Å²) in [6.45, 7) is 1.92. The summed E-state index contributed by atoms with van der Waals surface area (Å²) < 4.78 is 10.8. The standard InChI is InChI=1S/C19H20N4O6/c1-2-28-17-9-14(5-8-16(17)29-12-18(20)24)11-21-22-19(25)10-13-3-6-15(7-4-13)23(26)27/h3-9,11H,2,10,12H2,1H3,(H2,20,24)(H,22,25). The van der Waals surface area contributed by atoms with Crippen molar-refractivity contribution in [2.75, 3.05) is 13.2 Å². The van der Waals surface area contributed by atoms with Gasteiger partial charge < -0.3 is 15.2 Å². The molecule has 0 aliphatic carbocycles. The summed E-state index contributed by atoms with van der Waals surface area (Å²) in [5.41, 5.74) is 8.67. The Balaban J connectivity index is 1.95. The molecule has 0 aromatic heterocycles. The molecule has 2 aromatic carbocycles. The Hall–Kier alpha value is -3.95. The molecule has 0 aliphatic heterocycles. The third kappa shape index (κ3) is 6.94. The predicted octanol–water partition coefficient (Wildman–Crippen LogP) is 1.55. The monoisotopic (exact) mass is 400 g/mol. The number of amides is 2. The van der Waals surface area contributed by atoms with Crippen LogP contribution >= 0.6 is 0 Å². The number of non-ortho nitro benzene ring substituents is 1. The third-order valence-electron chi connectivity index (χ3n) is 3.55. The number of hydrogen-bond donors (Lipinski definition) is 2. The lowest BCUT2D eigenvalue weighted by atomic mass is 10.1. The molecule has 2 amide bonds. The van der Waals surface area contributed by atoms with Crippen molar-refractivity contribution in [2.24, 2.45) is 10.8 Å². The highest BCUT2D eigenvalue weighted by Crippen LogP contribution is 2.28. The second kappa shape index (κ2) is 10.4. The number of benzene rings is 2. The molecule has 0 fully saturated rings. The van der Waals surface area contributed by atoms with Crippen LogP contribution in [-0.4, -0.2) is 36.2 Å². The molecule has 0 radical (unpaired) electrons. The van der Waals surface area contributed by atoms with E-state index in [1.165, 1.54) is 30.5 Å². The van der Waals surface area contributed by atoms with E-state index in [0.29, 0.717) is 29.2 Å². The Labute approximate surface area is 166 Å². The van der Waals surface area contributed by atoms with Gasteiger partial charge in [0.15, 0.2) is 18.1 Å². The van der Waals surface area contributed by atoms with Gasteiger partial charge in [0.2, 0.25) is 5.91 Å². The number of carbonyl (C=O) groups excluding carboxylic acids is 2. The average Bonchev–Trinajstić information content (AvgIpc) is 2.68. The van der Waals surface area contributed by atoms with Gasteiger partial charge in [-0.15, -0.1) is 0 Å². The molecular weight excluding hydrogens is 380 g/mol. The first-order valence-electron chi connectivity index (χ1n) is 8.62. The normalized spacial score (nSPS) is 10.5. The van der Waals surface area contributed by atoms with Gasteiger partial charge in [0.25, 0.3) is 11.6 Å². The summed E-state index contributed by atoms with van der Waals surface area (Å²) in [5.74, 6) is -0.199. The summed E-state index contributed by atoms with van der Waals surface area (Å²) in [5, 5.41) is 14.5. The van der Waals surface area contributed by atoms with E-state index in [-0.39, 0.29) is 24.6 Å². The molecule has 0 saturated heterocycles. The average molecular weight is 400 g/mol. The zero-order chi connectivity index (χ0) is 21.2. The van der Waals surface area contributed by atoms with Crippen LogP contribution in [0.15, 0.2) is 47.6 Å². The van der Waals surface area contributed by atoms with Crippen molar-refractivity contribution in [1.82, 2.24) is 5.43 Å². The maximum atomic E-state index is 11.9. The quantitative estimate of drug-likeness (QED) is 0.351. The second-order valence-electron chi connectivity index (χ2n) is 5.79. The first-order chi connectivity index (χ1) is 13.9. The van der Waals surface area contributed by atoms with Crippen LogP contribution in [0.5, 0.6) is 11.5 Å². The number of carbonyl (C=O) groups is 2. The zero-order valence-electron chi connectivity index (χ0n) is 15.7. The molecule has 2 rings (SSSR count). The Morgan fingerprint density at radius 3 is 2.52 bits per heavy atom. The Morgan fingerprint density at radius 2 is 1.90 bits per heavy atom. The number of nitrogens with one attached hydrogen (secondary N) is 1. The van der Waals surface area contributed by atoms with E-state index in [2.05, 4.69) is 10.5 Å². The third-order valence-corrected chi connectivity index (χ3v) is 3.55. The van der Waals surface area contributed by atoms with E-state index in [0.717, 1.165) is 0 Å². The van der Waals surface area contributed by atoms with E-state index >= 15 is 0 Å². The number of hydrazone groups is 1. The van der Waals surface area contributed by atoms with E-state index in [4.69, 9.17) is 15.2 Å². The highest BCUT2D eigenvalue weighted by molar-refractivity contribution is 5.84. The van der Waals surface area contributed by atoms with Crippen molar-refractivity contribution in [3.63, 3.8) is 0 Å². The van der Waals surface area contributed by atoms with Gasteiger partial charge in [-0.3, -0.25) is 19.7 Å². The van der Waals surface area contributed by atoms with Crippen molar-refractivity contribution in [1.29, 1.82) is 0 Å². The molecular formula is C19H20N4O6. The number of rotatable bonds is 10. The lowest BCUT2D eigenvalue weighted by molar-refractivity contribution is -0.384. The van der Waals surface area contributed by atoms with Crippen LogP contribution in [0.3, 0.4) is 0 Å². The number of nitro benzene ring substituents is 1. The summed E-state index contributed by atoms with van der Waals surface area (Å²) in [6.07, 6.45) is 1.45. The number of hydrogen-bond acceptors (Lipinski definition) is 7. The summed E-state index contributed by atoms with van der Waals surface area (Å²) in [7, 11) is 0. The van der Waals surface area contributed by atoms with Crippen molar-refractivity contribution < 1.29 is 24.0 Å². The number of nitrogens with two attached hydrogens (primary N) is 1. The van der Waals surface area contributed by atoms with Crippen LogP contribution in [0.1, 0.15) is 18.1 Å². The molecule has 0 heterocycles. The Kier molecular flexibility index (Phi) is 7.66. The van der Waals surface area contributed by atoms with Gasteiger partial charge in [-0.2, -0.15) is 5.10 Å². The van der Waals surface area contributed by atoms with Crippen LogP contribution in [0.4, 0.5) is 5.69 Å². The molecule has 152 valence electrons. The molecule has 10 nitrogen and oxygen atoms in total. The van der Waals surface area contributed by atoms with E-state index < -0.39 is 10.8 Å². The van der Waals surface area contributed by atoms with Gasteiger partial charge in [0.05, 0.1) is 24.2 Å². The molecule has 0 spiro atoms. The molecule has 29 heavy (non-hydrogen) atoms. The van der Waals surface area contributed by atoms with Crippen molar-refractivity contribution in [3.05, 3.63) is 63.7 Å². The van der Waals surface area contributed by atoms with Gasteiger partial charge in [-0.1, -0.05) is 12.1 Å². The van der Waals surface area contributed by atoms with Gasteiger partial charge in [0, 0.05) is 12.1 Å². The number of primary amides is 1. The van der Waals surface area contributed by atoms with Crippen LogP contribution in [0.2, 0.25) is 0 Å². The Morgan fingerprint density at radius 1 is 1.17 bits per heavy atom. The fraction of sp³-hybridized carbons (Fsp3) is 0.211. The maximum absolute atomic E-state index is 11.9. The first kappa shape index (κ1) is 21.4. The van der Waals surface area contributed by atoms with Crippen molar-refractivity contribution in [2.45, 2.75) is 13.3 Å². The molecule has 0 unspecified atom stereocenters. The topological polar surface area (TPSA) is 146 Å². The zero-order valence-corrected chi connectivity index (χ0v) is 15.7. The van der Waals surface area contributed by atoms with E-state index in [9.17, 15) is 19.7 Å². The molecule has 0 atom stereocenters. The largest absolute Gasteiger partial charge is 0.490 e. The smallest absolute Gasteiger partial charge is 0.269 e. The van der Waals surface area contributed by atoms with Crippen LogP contribution < -0.4 is 20.6 Å². The minimum Gasteiger partial charge on any atom is -0.490 e. The number of nitro groups is 1. The fourth-order valence-electron chi connectivity index (χ4n) is 2.28. The van der Waals surface area contributed by atoms with E-state index in [1.54, 1.807) is 25.1 Å². The van der Waals surface area contributed by atoms with Crippen LogP contribution in [0.25, 0.3) is 0 Å². The fourth-order valence-corrected chi connectivity index (χ4v) is 2.28. The highest BCUT2D eigenvalue weighted by atomic mass is 16.6. The lowest BCUT2D eigenvalue weighted by Gasteiger charge is -2.11. The Bertz CT molecular complexity index is 911. The first-order valence-corrected chi connectivity index (χ1v) is 8.62. The minimum absolute atomic E-state index is 0.0272. The van der Waals surface area contributed by atoms with Gasteiger partial charge in [-0.05, 0) is 36.2 Å². The van der Waals surface area contributed by atoms with Crippen LogP contribution in [0, 0.1) is 10.1 Å². The second-order valence-corrected chi connectivity index (χ2v) is 5.79. The molecule has 2 aromatic rings. The lowest BCUT2D eigenvalue weighted by Crippen LogP contribution is -2.20. The van der Waals surface area contributed by atoms with Crippen molar-refractivity contribution in [3.8, 4) is 11.5 Å². The summed E-state index contributed by atoms with van der Waals surface area (Å²) in [4.78, 5) is 32.9. The molecule has 0 bridgehead atoms. The maximum Gasteiger partial charge on any atom is 0.269 e. The van der Waals surface area contributed by atoms with Crippen LogP contribution in [-0.2, 0) is 16.0 Å². The number of nitrogens with zero attached hydrogens (tertiary/aromatic N) is 2. The number of ether oxygens (including phenoxy) is 2. The molecule has 0 aliphatic rings. The molecule has 10 heteroatoms. The summed E-state index contributed by atoms with van der Waals surface area (Å²) in [6, 6.07) is 10.6. The SMILES string of the molecule is CCOc1cc(C=NNC(=O)Cc2ccc([N+](=O)[O-])cc2)ccc1OCC(N)=O. The molecule has 3 N–H and O–H groups in total. The van der Waals surface area contributed by atoms with Crippen molar-refractivity contribution >= 4 is 23.7 Å². The van der Waals surface area contributed by atoms with Gasteiger partial charge in [0.1, 0.15) is 0 Å². The van der Waals surface area contributed by atoms with Gasteiger partial charge in [-0.25, -0.2) is 5.43 Å². The summed E-state index contributed by atoms with van der Waals surface area (Å²) >= 11 is 0. The highest BCUT2D eigenvalue weighted by Gasteiger charge is 2.08. The van der Waals surface area contributed by atoms with E-state index in [1.807, 2.05) is 0 Å².